The molecule has 3 aromatic carbocycles. The van der Waals surface area contributed by atoms with Crippen LogP contribution in [0.2, 0.25) is 0 Å². The molecule has 3 N–H and O–H groups in total. The standard InChI is InChI=1S/C20H18F3N3O.C7H8O3S/c21-14-5-1-12(2-6-14)18(13-3-7-15(22)8-4-13)19(25)20(27)26-11-16(23)9-17(26)10-24;1-6-2-4-7(5-3-6)11(8,9)10/h1-8,16-19H,9,11,25H2;2-5H,1H3,(H,8,9,10). The summed E-state index contributed by atoms with van der Waals surface area (Å²) in [5, 5.41) is 9.18. The van der Waals surface area contributed by atoms with Crippen LogP contribution in [0.1, 0.15) is 29.0 Å². The molecule has 7 nitrogen and oxygen atoms in total. The number of aryl methyl sites for hydroxylation is 1. The van der Waals surface area contributed by atoms with E-state index in [1.165, 1.54) is 60.7 Å². The molecule has 4 rings (SSSR count). The highest BCUT2D eigenvalue weighted by Gasteiger charge is 2.40. The summed E-state index contributed by atoms with van der Waals surface area (Å²) in [4.78, 5) is 14.0. The number of amides is 1. The molecule has 0 aliphatic carbocycles. The first kappa shape index (κ1) is 28.8. The van der Waals surface area contributed by atoms with Crippen LogP contribution in [0.3, 0.4) is 0 Å². The van der Waals surface area contributed by atoms with Gasteiger partial charge in [0.05, 0.1) is 23.6 Å². The number of benzene rings is 3. The third-order valence-corrected chi connectivity index (χ3v) is 6.97. The summed E-state index contributed by atoms with van der Waals surface area (Å²) in [7, 11) is -4.02. The van der Waals surface area contributed by atoms with Crippen LogP contribution in [0, 0.1) is 29.9 Å². The van der Waals surface area contributed by atoms with Crippen LogP contribution in [0.4, 0.5) is 13.2 Å². The highest BCUT2D eigenvalue weighted by atomic mass is 32.2. The van der Waals surface area contributed by atoms with Gasteiger partial charge in [-0.05, 0) is 54.4 Å². The van der Waals surface area contributed by atoms with Crippen molar-refractivity contribution in [3.05, 3.63) is 101 Å². The average Bonchev–Trinajstić information content (AvgIpc) is 3.26. The molecule has 0 bridgehead atoms. The number of nitrogens with two attached hydrogens (primary N) is 1. The Balaban J connectivity index is 0.000000304. The first-order valence-electron chi connectivity index (χ1n) is 11.6. The molecule has 1 saturated heterocycles. The zero-order chi connectivity index (χ0) is 28.0. The van der Waals surface area contributed by atoms with Crippen molar-refractivity contribution in [1.29, 1.82) is 5.26 Å². The topological polar surface area (TPSA) is 124 Å². The minimum atomic E-state index is -4.02. The Bertz CT molecular complexity index is 1350. The summed E-state index contributed by atoms with van der Waals surface area (Å²) in [6, 6.07) is 16.9. The smallest absolute Gasteiger partial charge is 0.294 e. The van der Waals surface area contributed by atoms with Gasteiger partial charge in [0.15, 0.2) is 0 Å². The number of nitriles is 1. The van der Waals surface area contributed by atoms with Crippen molar-refractivity contribution in [1.82, 2.24) is 4.90 Å². The largest absolute Gasteiger partial charge is 0.322 e. The van der Waals surface area contributed by atoms with E-state index in [-0.39, 0.29) is 17.9 Å². The van der Waals surface area contributed by atoms with Gasteiger partial charge in [0.2, 0.25) is 5.91 Å². The Kier molecular flexibility index (Phi) is 9.27. The maximum absolute atomic E-state index is 13.7. The predicted octanol–water partition coefficient (Wildman–Crippen LogP) is 4.13. The molecule has 0 aromatic heterocycles. The number of hydrogen-bond donors (Lipinski definition) is 2. The van der Waals surface area contributed by atoms with Gasteiger partial charge in [0.1, 0.15) is 23.8 Å². The monoisotopic (exact) mass is 545 g/mol. The number of nitrogens with zero attached hydrogens (tertiary/aromatic N) is 2. The molecule has 3 atom stereocenters. The van der Waals surface area contributed by atoms with Gasteiger partial charge in [-0.1, -0.05) is 42.0 Å². The van der Waals surface area contributed by atoms with Gasteiger partial charge >= 0.3 is 0 Å². The Morgan fingerprint density at radius 1 is 1.00 bits per heavy atom. The van der Waals surface area contributed by atoms with Gasteiger partial charge in [0, 0.05) is 12.3 Å². The SMILES string of the molecule is Cc1ccc(S(=O)(=O)O)cc1.N#CC1CC(F)CN1C(=O)C(N)C(c1ccc(F)cc1)c1ccc(F)cc1. The fourth-order valence-electron chi connectivity index (χ4n) is 4.14. The van der Waals surface area contributed by atoms with Crippen molar-refractivity contribution in [3.63, 3.8) is 0 Å². The second-order valence-electron chi connectivity index (χ2n) is 8.86. The fraction of sp³-hybridized carbons (Fsp3) is 0.259. The van der Waals surface area contributed by atoms with E-state index in [0.717, 1.165) is 10.5 Å². The molecule has 200 valence electrons. The van der Waals surface area contributed by atoms with Crippen molar-refractivity contribution in [3.8, 4) is 6.07 Å². The summed E-state index contributed by atoms with van der Waals surface area (Å²) in [6.07, 6.45) is -1.33. The van der Waals surface area contributed by atoms with Crippen LogP contribution in [-0.4, -0.2) is 48.6 Å². The van der Waals surface area contributed by atoms with Crippen molar-refractivity contribution < 1.29 is 30.9 Å². The highest BCUT2D eigenvalue weighted by Crippen LogP contribution is 2.30. The van der Waals surface area contributed by atoms with E-state index in [9.17, 15) is 31.6 Å². The Hall–Kier alpha value is -3.72. The molecule has 0 saturated carbocycles. The van der Waals surface area contributed by atoms with E-state index >= 15 is 0 Å². The van der Waals surface area contributed by atoms with Crippen LogP contribution in [0.25, 0.3) is 0 Å². The summed E-state index contributed by atoms with van der Waals surface area (Å²) in [5.74, 6) is -2.15. The highest BCUT2D eigenvalue weighted by molar-refractivity contribution is 7.85. The Morgan fingerprint density at radius 3 is 1.89 bits per heavy atom. The second-order valence-corrected chi connectivity index (χ2v) is 10.3. The van der Waals surface area contributed by atoms with Crippen LogP contribution in [0.15, 0.2) is 77.7 Å². The lowest BCUT2D eigenvalue weighted by atomic mass is 9.84. The molecule has 3 aromatic rings. The number of carbonyl (C=O) groups is 1. The summed E-state index contributed by atoms with van der Waals surface area (Å²) in [5.41, 5.74) is 8.32. The first-order valence-corrected chi connectivity index (χ1v) is 13.0. The van der Waals surface area contributed by atoms with Crippen LogP contribution in [0.5, 0.6) is 0 Å². The molecule has 1 aliphatic heterocycles. The normalized spacial score (nSPS) is 17.9. The quantitative estimate of drug-likeness (QED) is 0.465. The molecule has 1 aliphatic rings. The molecular formula is C27H26F3N3O4S. The Morgan fingerprint density at radius 2 is 1.47 bits per heavy atom. The second kappa shape index (κ2) is 12.2. The van der Waals surface area contributed by atoms with Crippen LogP contribution in [-0.2, 0) is 14.9 Å². The maximum atomic E-state index is 13.7. The maximum Gasteiger partial charge on any atom is 0.294 e. The first-order chi connectivity index (χ1) is 17.9. The third-order valence-electron chi connectivity index (χ3n) is 6.10. The zero-order valence-corrected chi connectivity index (χ0v) is 21.2. The van der Waals surface area contributed by atoms with E-state index in [2.05, 4.69) is 0 Å². The van der Waals surface area contributed by atoms with Gasteiger partial charge in [-0.2, -0.15) is 13.7 Å². The minimum absolute atomic E-state index is 0.0489. The number of alkyl halides is 1. The molecule has 38 heavy (non-hydrogen) atoms. The van der Waals surface area contributed by atoms with Gasteiger partial charge in [-0.15, -0.1) is 0 Å². The molecule has 0 radical (unpaired) electrons. The van der Waals surface area contributed by atoms with Crippen molar-refractivity contribution >= 4 is 16.0 Å². The minimum Gasteiger partial charge on any atom is -0.322 e. The van der Waals surface area contributed by atoms with Crippen LogP contribution < -0.4 is 5.73 Å². The Labute approximate surface area is 219 Å². The molecule has 3 unspecified atom stereocenters. The molecule has 1 heterocycles. The van der Waals surface area contributed by atoms with Crippen LogP contribution >= 0.6 is 0 Å². The van der Waals surface area contributed by atoms with Gasteiger partial charge in [0.25, 0.3) is 10.1 Å². The number of likely N-dealkylation sites (tertiary alicyclic amines) is 1. The molecule has 11 heteroatoms. The summed E-state index contributed by atoms with van der Waals surface area (Å²) in [6.45, 7) is 1.65. The molecule has 1 fully saturated rings. The molecule has 1 amide bonds. The number of rotatable bonds is 5. The number of carbonyl (C=O) groups excluding carboxylic acids is 1. The lowest BCUT2D eigenvalue weighted by Gasteiger charge is -2.29. The lowest BCUT2D eigenvalue weighted by molar-refractivity contribution is -0.133. The van der Waals surface area contributed by atoms with E-state index in [0.29, 0.717) is 11.1 Å². The van der Waals surface area contributed by atoms with E-state index in [1.807, 2.05) is 13.0 Å². The van der Waals surface area contributed by atoms with Gasteiger partial charge in [-0.25, -0.2) is 13.2 Å². The van der Waals surface area contributed by atoms with E-state index < -0.39 is 51.8 Å². The number of hydrogen-bond acceptors (Lipinski definition) is 5. The van der Waals surface area contributed by atoms with E-state index in [4.69, 9.17) is 10.3 Å². The molecular weight excluding hydrogens is 519 g/mol. The predicted molar refractivity (Wildman–Crippen MR) is 134 cm³/mol. The van der Waals surface area contributed by atoms with Gasteiger partial charge in [-0.3, -0.25) is 9.35 Å². The summed E-state index contributed by atoms with van der Waals surface area (Å²) >= 11 is 0. The van der Waals surface area contributed by atoms with Crippen molar-refractivity contribution in [2.45, 2.75) is 42.4 Å². The lowest BCUT2D eigenvalue weighted by Crippen LogP contribution is -2.49. The van der Waals surface area contributed by atoms with Crippen molar-refractivity contribution in [2.24, 2.45) is 5.73 Å². The van der Waals surface area contributed by atoms with Gasteiger partial charge < -0.3 is 10.6 Å². The average molecular weight is 546 g/mol. The van der Waals surface area contributed by atoms with Crippen molar-refractivity contribution in [2.75, 3.05) is 6.54 Å². The molecule has 0 spiro atoms. The third kappa shape index (κ3) is 7.19. The number of halogens is 3. The fourth-order valence-corrected chi connectivity index (χ4v) is 4.62. The summed E-state index contributed by atoms with van der Waals surface area (Å²) < 4.78 is 69.9. The zero-order valence-electron chi connectivity index (χ0n) is 20.3. The van der Waals surface area contributed by atoms with E-state index in [1.54, 1.807) is 12.1 Å².